The molecule has 0 aromatic carbocycles. The van der Waals surface area contributed by atoms with Gasteiger partial charge in [0.1, 0.15) is 11.3 Å². The van der Waals surface area contributed by atoms with Crippen molar-refractivity contribution in [2.24, 2.45) is 5.92 Å². The van der Waals surface area contributed by atoms with Crippen LogP contribution in [0.5, 0.6) is 0 Å². The van der Waals surface area contributed by atoms with Gasteiger partial charge < -0.3 is 9.73 Å². The maximum atomic E-state index is 12.6. The molecule has 0 unspecified atom stereocenters. The van der Waals surface area contributed by atoms with Gasteiger partial charge in [-0.05, 0) is 45.0 Å². The number of thioether (sulfide) groups is 1. The van der Waals surface area contributed by atoms with Gasteiger partial charge in [-0.1, -0.05) is 11.8 Å². The summed E-state index contributed by atoms with van der Waals surface area (Å²) in [4.78, 5) is 19.4. The van der Waals surface area contributed by atoms with E-state index in [-0.39, 0.29) is 11.9 Å². The molecular weight excluding hydrogens is 310 g/mol. The van der Waals surface area contributed by atoms with Crippen LogP contribution in [0.2, 0.25) is 0 Å². The first-order chi connectivity index (χ1) is 11.2. The summed E-state index contributed by atoms with van der Waals surface area (Å²) >= 11 is 1.55. The van der Waals surface area contributed by atoms with Crippen LogP contribution >= 0.6 is 11.8 Å². The number of carbonyl (C=O) groups is 1. The fourth-order valence-corrected chi connectivity index (χ4v) is 4.32. The highest BCUT2D eigenvalue weighted by Crippen LogP contribution is 2.32. The number of hydrogen-bond acceptors (Lipinski definition) is 5. The Kier molecular flexibility index (Phi) is 3.81. The zero-order chi connectivity index (χ0) is 16.0. The van der Waals surface area contributed by atoms with Crippen molar-refractivity contribution in [1.82, 2.24) is 15.2 Å². The number of nitrogens with zero attached hydrogens (tertiary/aromatic N) is 2. The molecule has 1 amide bonds. The molecule has 3 saturated heterocycles. The monoisotopic (exact) mass is 331 g/mol. The van der Waals surface area contributed by atoms with E-state index in [1.807, 2.05) is 12.3 Å². The lowest BCUT2D eigenvalue weighted by Gasteiger charge is -2.49. The average Bonchev–Trinajstić information content (AvgIpc) is 3.00. The largest absolute Gasteiger partial charge is 0.450 e. The molecule has 2 aromatic rings. The van der Waals surface area contributed by atoms with Crippen molar-refractivity contribution < 1.29 is 9.21 Å². The first-order valence-corrected chi connectivity index (χ1v) is 9.36. The van der Waals surface area contributed by atoms with Crippen LogP contribution < -0.4 is 5.32 Å². The molecule has 0 spiro atoms. The normalized spacial score (nSPS) is 29.8. The standard InChI is InChI=1S/C17H21N3O2S/c1-10-16(11-3-5-20(10)6-4-11)19-17(21)13-8-14-12(9-18-13)7-15(22-14)23-2/h7-11,16H,3-6H2,1-2H3,(H,19,21)/t10-,16-/m0/s1. The van der Waals surface area contributed by atoms with Gasteiger partial charge >= 0.3 is 0 Å². The van der Waals surface area contributed by atoms with Gasteiger partial charge in [0.05, 0.1) is 0 Å². The number of rotatable bonds is 3. The summed E-state index contributed by atoms with van der Waals surface area (Å²) in [5, 5.41) is 4.98. The molecule has 3 aliphatic heterocycles. The molecule has 0 aliphatic carbocycles. The van der Waals surface area contributed by atoms with E-state index in [2.05, 4.69) is 22.1 Å². The number of furan rings is 1. The molecule has 23 heavy (non-hydrogen) atoms. The van der Waals surface area contributed by atoms with Crippen molar-refractivity contribution >= 4 is 28.6 Å². The predicted octanol–water partition coefficient (Wildman–Crippen LogP) is 2.76. The minimum atomic E-state index is -0.0976. The van der Waals surface area contributed by atoms with Gasteiger partial charge in [0.25, 0.3) is 5.91 Å². The number of amides is 1. The number of carbonyl (C=O) groups excluding carboxylic acids is 1. The highest BCUT2D eigenvalue weighted by molar-refractivity contribution is 7.98. The number of piperidine rings is 3. The number of fused-ring (bicyclic) bond motifs is 4. The van der Waals surface area contributed by atoms with Gasteiger partial charge in [0.15, 0.2) is 5.09 Å². The van der Waals surface area contributed by atoms with Crippen LogP contribution in [-0.2, 0) is 0 Å². The number of aromatic nitrogens is 1. The second-order valence-electron chi connectivity index (χ2n) is 6.49. The summed E-state index contributed by atoms with van der Waals surface area (Å²) in [6.07, 6.45) is 6.04. The lowest BCUT2D eigenvalue weighted by Crippen LogP contribution is -2.62. The summed E-state index contributed by atoms with van der Waals surface area (Å²) in [7, 11) is 0. The Morgan fingerprint density at radius 3 is 2.87 bits per heavy atom. The Morgan fingerprint density at radius 1 is 1.39 bits per heavy atom. The zero-order valence-corrected chi connectivity index (χ0v) is 14.2. The maximum Gasteiger partial charge on any atom is 0.270 e. The molecular formula is C17H21N3O2S. The molecule has 3 aliphatic rings. The van der Waals surface area contributed by atoms with Crippen molar-refractivity contribution in [2.75, 3.05) is 19.3 Å². The van der Waals surface area contributed by atoms with Crippen LogP contribution in [0.3, 0.4) is 0 Å². The van der Waals surface area contributed by atoms with E-state index < -0.39 is 0 Å². The third-order valence-electron chi connectivity index (χ3n) is 5.29. The minimum Gasteiger partial charge on any atom is -0.450 e. The summed E-state index contributed by atoms with van der Waals surface area (Å²) in [6.45, 7) is 4.53. The minimum absolute atomic E-state index is 0.0976. The van der Waals surface area contributed by atoms with Crippen molar-refractivity contribution in [3.8, 4) is 0 Å². The van der Waals surface area contributed by atoms with Gasteiger partial charge in [-0.2, -0.15) is 0 Å². The van der Waals surface area contributed by atoms with E-state index in [0.717, 1.165) is 29.2 Å². The SMILES string of the molecule is CSc1cc2cnc(C(=O)N[C@@H]3C4CCN(CC4)[C@H]3C)cc2o1. The van der Waals surface area contributed by atoms with Crippen LogP contribution in [0.1, 0.15) is 30.3 Å². The fraction of sp³-hybridized carbons (Fsp3) is 0.529. The topological polar surface area (TPSA) is 58.4 Å². The van der Waals surface area contributed by atoms with E-state index in [9.17, 15) is 4.79 Å². The van der Waals surface area contributed by atoms with Crippen LogP contribution in [0, 0.1) is 5.92 Å². The van der Waals surface area contributed by atoms with Crippen LogP contribution in [0.4, 0.5) is 0 Å². The summed E-state index contributed by atoms with van der Waals surface area (Å²) in [6, 6.07) is 4.32. The highest BCUT2D eigenvalue weighted by atomic mass is 32.2. The Morgan fingerprint density at radius 2 is 2.17 bits per heavy atom. The van der Waals surface area contributed by atoms with Crippen molar-refractivity contribution in [3.63, 3.8) is 0 Å². The fourth-order valence-electron chi connectivity index (χ4n) is 3.90. The quantitative estimate of drug-likeness (QED) is 0.877. The van der Waals surface area contributed by atoms with Gasteiger partial charge in [-0.15, -0.1) is 0 Å². The van der Waals surface area contributed by atoms with Crippen molar-refractivity contribution in [2.45, 2.75) is 36.9 Å². The van der Waals surface area contributed by atoms with E-state index in [1.165, 1.54) is 12.8 Å². The van der Waals surface area contributed by atoms with Crippen molar-refractivity contribution in [1.29, 1.82) is 0 Å². The summed E-state index contributed by atoms with van der Waals surface area (Å²) in [5.74, 6) is 0.494. The molecule has 2 bridgehead atoms. The van der Waals surface area contributed by atoms with Crippen LogP contribution in [0.25, 0.3) is 11.0 Å². The predicted molar refractivity (Wildman–Crippen MR) is 90.8 cm³/mol. The smallest absolute Gasteiger partial charge is 0.270 e. The van der Waals surface area contributed by atoms with Crippen LogP contribution in [0.15, 0.2) is 27.8 Å². The number of pyridine rings is 1. The second-order valence-corrected chi connectivity index (χ2v) is 7.30. The molecule has 1 N–H and O–H groups in total. The van der Waals surface area contributed by atoms with Gasteiger partial charge in [-0.25, -0.2) is 0 Å². The Balaban J connectivity index is 1.54. The van der Waals surface area contributed by atoms with E-state index in [0.29, 0.717) is 17.7 Å². The van der Waals surface area contributed by atoms with Crippen LogP contribution in [-0.4, -0.2) is 47.2 Å². The third-order valence-corrected chi connectivity index (χ3v) is 5.89. The lowest BCUT2D eigenvalue weighted by atomic mass is 9.79. The van der Waals surface area contributed by atoms with Gasteiger partial charge in [0, 0.05) is 35.8 Å². The summed E-state index contributed by atoms with van der Waals surface area (Å²) < 4.78 is 5.70. The molecule has 0 saturated carbocycles. The molecule has 6 heteroatoms. The second kappa shape index (κ2) is 5.83. The molecule has 5 rings (SSSR count). The lowest BCUT2D eigenvalue weighted by molar-refractivity contribution is 0.0216. The Hall–Kier alpha value is -1.53. The molecule has 2 aromatic heterocycles. The number of nitrogens with one attached hydrogen (secondary N) is 1. The first-order valence-electron chi connectivity index (χ1n) is 8.14. The van der Waals surface area contributed by atoms with Crippen molar-refractivity contribution in [3.05, 3.63) is 24.0 Å². The zero-order valence-electron chi connectivity index (χ0n) is 13.4. The molecule has 2 atom stereocenters. The van der Waals surface area contributed by atoms with E-state index in [4.69, 9.17) is 4.42 Å². The molecule has 0 radical (unpaired) electrons. The van der Waals surface area contributed by atoms with Gasteiger partial charge in [-0.3, -0.25) is 14.7 Å². The molecule has 3 fully saturated rings. The third kappa shape index (κ3) is 2.64. The van der Waals surface area contributed by atoms with Gasteiger partial charge in [0.2, 0.25) is 0 Å². The molecule has 5 heterocycles. The molecule has 5 nitrogen and oxygen atoms in total. The average molecular weight is 331 g/mol. The molecule has 122 valence electrons. The summed E-state index contributed by atoms with van der Waals surface area (Å²) in [5.41, 5.74) is 1.15. The Labute approximate surface area is 139 Å². The number of hydrogen-bond donors (Lipinski definition) is 1. The van der Waals surface area contributed by atoms with E-state index >= 15 is 0 Å². The Bertz CT molecular complexity index is 735. The maximum absolute atomic E-state index is 12.6. The van der Waals surface area contributed by atoms with E-state index in [1.54, 1.807) is 24.0 Å². The highest BCUT2D eigenvalue weighted by Gasteiger charge is 2.40. The first kappa shape index (κ1) is 15.0.